The van der Waals surface area contributed by atoms with Crippen molar-refractivity contribution in [2.75, 3.05) is 44.4 Å². The summed E-state index contributed by atoms with van der Waals surface area (Å²) >= 11 is 0. The van der Waals surface area contributed by atoms with E-state index in [9.17, 15) is 35.1 Å². The third-order valence-corrected chi connectivity index (χ3v) is 26.3. The van der Waals surface area contributed by atoms with Crippen LogP contribution in [0.1, 0.15) is 196 Å². The average molecular weight is 1210 g/mol. The number of esters is 2. The summed E-state index contributed by atoms with van der Waals surface area (Å²) in [7, 11) is 3.30. The molecule has 4 heterocycles. The van der Waals surface area contributed by atoms with Crippen molar-refractivity contribution in [3.63, 3.8) is 0 Å². The monoisotopic (exact) mass is 1210 g/mol. The van der Waals surface area contributed by atoms with Gasteiger partial charge in [-0.2, -0.15) is 0 Å². The average Bonchev–Trinajstić information content (AvgIpc) is 1.45. The van der Waals surface area contributed by atoms with Gasteiger partial charge in [0.2, 0.25) is 5.91 Å². The molecule has 2 bridgehead atoms. The van der Waals surface area contributed by atoms with Crippen LogP contribution in [0.5, 0.6) is 17.2 Å². The number of piperidine rings is 2. The molecule has 464 valence electrons. The lowest BCUT2D eigenvalue weighted by atomic mass is 9.51. The number of aliphatic hydroxyl groups is 3. The molecule has 8 N–H and O–H groups in total. The van der Waals surface area contributed by atoms with Crippen LogP contribution in [0.25, 0.3) is 0 Å². The number of hydrogen-bond acceptors (Lipinski definition) is 15. The Morgan fingerprint density at radius 1 is 0.906 bits per heavy atom. The Labute approximate surface area is 512 Å². The summed E-state index contributed by atoms with van der Waals surface area (Å²) in [5.41, 5.74) is -0.378. The Kier molecular flexibility index (Phi) is 17.9. The number of phenolic OH excluding ortho intramolecular Hbond substituents is 2. The minimum Gasteiger partial charge on any atom is -0.508 e. The number of rotatable bonds is 9. The van der Waals surface area contributed by atoms with Gasteiger partial charge < -0.3 is 55.7 Å². The van der Waals surface area contributed by atoms with Gasteiger partial charge in [-0.25, -0.2) is 4.79 Å². The van der Waals surface area contributed by atoms with Crippen LogP contribution in [-0.4, -0.2) is 123 Å². The van der Waals surface area contributed by atoms with Gasteiger partial charge in [-0.3, -0.25) is 9.59 Å². The molecule has 3 saturated heterocycles. The van der Waals surface area contributed by atoms with Crippen LogP contribution in [0.2, 0.25) is 0 Å². The summed E-state index contributed by atoms with van der Waals surface area (Å²) in [6.07, 6.45) is 17.9. The van der Waals surface area contributed by atoms with E-state index in [2.05, 4.69) is 65.1 Å². The molecular weight excluding hydrogens is 1110 g/mol. The zero-order valence-corrected chi connectivity index (χ0v) is 52.2. The van der Waals surface area contributed by atoms with Crippen molar-refractivity contribution in [1.82, 2.24) is 16.0 Å². The van der Waals surface area contributed by atoms with Gasteiger partial charge in [0, 0.05) is 102 Å². The summed E-state index contributed by atoms with van der Waals surface area (Å²) < 4.78 is 20.9. The second kappa shape index (κ2) is 24.8. The second-order valence-corrected chi connectivity index (χ2v) is 31.6. The van der Waals surface area contributed by atoms with Crippen LogP contribution in [0.15, 0.2) is 48.6 Å². The van der Waals surface area contributed by atoms with E-state index in [1.165, 1.54) is 12.5 Å². The number of phenols is 2. The van der Waals surface area contributed by atoms with Crippen molar-refractivity contribution in [3.05, 3.63) is 65.2 Å². The minimum absolute atomic E-state index is 0.0228. The van der Waals surface area contributed by atoms with Crippen molar-refractivity contribution < 1.29 is 54.1 Å². The number of aromatic hydroxyl groups is 2. The van der Waals surface area contributed by atoms with Gasteiger partial charge in [-0.05, 0) is 175 Å². The Hall–Kier alpha value is -3.95. The molecule has 6 aliphatic carbocycles. The SMILES string of the molecule is CC(=O)O[C@H]1C[C@@H](OC(=O)[C@@]23CCCC[C@@H]2CCC(=O)N3)C2(CCNCC2)[C@@H]2c3ccc(O)c4c3[C@H](C[C@@H]2C#CC[C@H]2C[C@@](C)(O)CSSC[C@@H](NC[C@@]35C=CC[C@@](C)(CC[C@H]3c3ccc(O)cc3)C5)[C@H](O)CC[C@H]21)[C@@H](C1(CO)CCCC1)CO4. The summed E-state index contributed by atoms with van der Waals surface area (Å²) in [5.74, 6) is 7.28. The number of allylic oxidation sites excluding steroid dienone is 1. The molecule has 0 aromatic heterocycles. The highest BCUT2D eigenvalue weighted by Crippen LogP contribution is 2.65. The molecular formula is C69H95N3O11S2. The van der Waals surface area contributed by atoms with E-state index in [4.69, 9.17) is 14.2 Å². The summed E-state index contributed by atoms with van der Waals surface area (Å²) in [6.45, 7) is 8.09. The predicted octanol–water partition coefficient (Wildman–Crippen LogP) is 10.5. The highest BCUT2D eigenvalue weighted by Gasteiger charge is 2.61. The number of amides is 1. The molecule has 6 fully saturated rings. The Bertz CT molecular complexity index is 2860. The molecule has 2 aromatic rings. The number of benzene rings is 2. The fourth-order valence-corrected chi connectivity index (χ4v) is 22.3. The van der Waals surface area contributed by atoms with E-state index in [0.29, 0.717) is 108 Å². The van der Waals surface area contributed by atoms with Gasteiger partial charge in [0.15, 0.2) is 11.5 Å². The molecule has 16 atom stereocenters. The summed E-state index contributed by atoms with van der Waals surface area (Å²) in [5, 5.41) is 69.8. The fourth-order valence-electron chi connectivity index (χ4n) is 19.5. The standard InChI is InChI=1S/C69H95N3O11S2/c1-43(74)82-57-35-58(83-63(79)69-28-5-4-12-47(69)15-22-59(78)72-69)68(30-32-70-33-31-68)61-45(34-51-53(66(41-73)25-6-7-26-66)37-81-62-56(77)21-19-50(61)60(51)62)10-8-11-46-36-65(3,80)42-85-84-38-54(55(76)20-18-49(46)57)71-40-67-27-9-24-64(2,39-67)29-23-52(67)44-13-16-48(75)17-14-44/h9,13-14,16-17,19,21,27,45-47,49,51-55,57-58,61,70-71,73,75-77,80H,4-7,11-12,15,18,20,22-26,28-42H2,1-3H3,(H,72,78)/t45-,46-,47+,49+,51+,52-,53-,54+,55+,57-,58+,61-,64-,65+,67-,69+/m0/s1. The summed E-state index contributed by atoms with van der Waals surface area (Å²) in [6, 6.07) is 11.2. The van der Waals surface area contributed by atoms with Crippen LogP contribution in [0, 0.1) is 63.1 Å². The first-order valence-corrected chi connectivity index (χ1v) is 35.2. The molecule has 10 aliphatic rings. The quantitative estimate of drug-likeness (QED) is 0.0507. The molecule has 4 aliphatic heterocycles. The maximum Gasteiger partial charge on any atom is 0.332 e. The molecule has 1 spiro atoms. The second-order valence-electron chi connectivity index (χ2n) is 29.1. The lowest BCUT2D eigenvalue weighted by Gasteiger charge is -2.56. The summed E-state index contributed by atoms with van der Waals surface area (Å²) in [4.78, 5) is 43.5. The van der Waals surface area contributed by atoms with Crippen molar-refractivity contribution in [1.29, 1.82) is 0 Å². The van der Waals surface area contributed by atoms with Crippen LogP contribution < -0.4 is 20.7 Å². The number of ether oxygens (including phenoxy) is 3. The maximum absolute atomic E-state index is 15.9. The molecule has 0 radical (unpaired) electrons. The molecule has 85 heavy (non-hydrogen) atoms. The van der Waals surface area contributed by atoms with E-state index in [0.717, 1.165) is 81.8 Å². The maximum atomic E-state index is 15.9. The van der Waals surface area contributed by atoms with Crippen molar-refractivity contribution in [2.45, 2.75) is 215 Å². The van der Waals surface area contributed by atoms with Crippen LogP contribution in [0.4, 0.5) is 0 Å². The third kappa shape index (κ3) is 11.9. The lowest BCUT2D eigenvalue weighted by molar-refractivity contribution is -0.183. The van der Waals surface area contributed by atoms with Gasteiger partial charge >= 0.3 is 11.9 Å². The predicted molar refractivity (Wildman–Crippen MR) is 331 cm³/mol. The van der Waals surface area contributed by atoms with Gasteiger partial charge in [0.05, 0.1) is 18.3 Å². The number of carbonyl (C=O) groups is 3. The number of aliphatic hydroxyl groups excluding tert-OH is 2. The zero-order chi connectivity index (χ0) is 59.4. The molecule has 3 saturated carbocycles. The molecule has 14 nitrogen and oxygen atoms in total. The Balaban J connectivity index is 0.956. The lowest BCUT2D eigenvalue weighted by Crippen LogP contribution is -2.65. The molecule has 1 amide bonds. The van der Waals surface area contributed by atoms with Gasteiger partial charge in [-0.1, -0.05) is 90.5 Å². The third-order valence-electron chi connectivity index (χ3n) is 23.7. The Morgan fingerprint density at radius 3 is 2.47 bits per heavy atom. The first-order valence-electron chi connectivity index (χ1n) is 32.7. The largest absolute Gasteiger partial charge is 0.508 e. The topological polar surface area (TPSA) is 216 Å². The number of nitrogens with one attached hydrogen (secondary N) is 3. The first kappa shape index (κ1) is 61.3. The van der Waals surface area contributed by atoms with Crippen molar-refractivity contribution >= 4 is 39.4 Å². The van der Waals surface area contributed by atoms with E-state index in [-0.39, 0.29) is 94.1 Å². The van der Waals surface area contributed by atoms with E-state index >= 15 is 4.79 Å². The number of hydrogen-bond donors (Lipinski definition) is 8. The highest BCUT2D eigenvalue weighted by atomic mass is 33.1. The van der Waals surface area contributed by atoms with Gasteiger partial charge in [0.1, 0.15) is 23.5 Å². The van der Waals surface area contributed by atoms with Gasteiger partial charge in [-0.15, -0.1) is 5.92 Å². The van der Waals surface area contributed by atoms with Gasteiger partial charge in [0.25, 0.3) is 0 Å². The van der Waals surface area contributed by atoms with Crippen molar-refractivity contribution in [2.24, 2.45) is 51.2 Å². The molecule has 2 aromatic carbocycles. The normalized spacial score (nSPS) is 39.6. The molecule has 12 rings (SSSR count). The smallest absolute Gasteiger partial charge is 0.332 e. The van der Waals surface area contributed by atoms with Crippen molar-refractivity contribution in [3.8, 4) is 29.1 Å². The fraction of sp³-hybridized carbons (Fsp3) is 0.725. The van der Waals surface area contributed by atoms with Crippen LogP contribution in [0.3, 0.4) is 0 Å². The minimum atomic E-state index is -1.20. The molecule has 0 unspecified atom stereocenters. The first-order chi connectivity index (χ1) is 40.9. The van der Waals surface area contributed by atoms with E-state index in [1.807, 2.05) is 6.92 Å². The zero-order valence-electron chi connectivity index (χ0n) is 50.6. The van der Waals surface area contributed by atoms with Crippen LogP contribution in [-0.2, 0) is 23.9 Å². The Morgan fingerprint density at radius 2 is 1.69 bits per heavy atom. The van der Waals surface area contributed by atoms with E-state index < -0.39 is 52.7 Å². The molecule has 16 heteroatoms. The van der Waals surface area contributed by atoms with E-state index in [1.54, 1.807) is 39.8 Å². The number of fused-ring (bicyclic) bond motifs is 7. The van der Waals surface area contributed by atoms with Crippen LogP contribution >= 0.6 is 21.6 Å². The number of carbonyl (C=O) groups excluding carboxylic acids is 3. The highest BCUT2D eigenvalue weighted by molar-refractivity contribution is 8.76.